The number of fused-ring (bicyclic) bond motifs is 1. The van der Waals surface area contributed by atoms with Crippen LogP contribution >= 0.6 is 15.9 Å². The van der Waals surface area contributed by atoms with Crippen molar-refractivity contribution in [3.8, 4) is 5.75 Å². The van der Waals surface area contributed by atoms with Crippen LogP contribution in [0.15, 0.2) is 98.3 Å². The number of halogens is 1. The Morgan fingerprint density at radius 3 is 2.31 bits per heavy atom. The molecule has 32 heavy (non-hydrogen) atoms. The van der Waals surface area contributed by atoms with E-state index in [1.807, 2.05) is 83.8 Å². The minimum absolute atomic E-state index is 0.219. The Kier molecular flexibility index (Phi) is 5.60. The first-order valence-electron chi connectivity index (χ1n) is 10.2. The van der Waals surface area contributed by atoms with E-state index in [9.17, 15) is 0 Å². The van der Waals surface area contributed by atoms with Crippen LogP contribution in [0.5, 0.6) is 5.75 Å². The van der Waals surface area contributed by atoms with Crippen molar-refractivity contribution in [1.29, 1.82) is 0 Å². The summed E-state index contributed by atoms with van der Waals surface area (Å²) in [6.45, 7) is 0.514. The monoisotopic (exact) mass is 488 g/mol. The molecule has 7 nitrogen and oxygen atoms in total. The van der Waals surface area contributed by atoms with Crippen molar-refractivity contribution in [3.05, 3.63) is 88.9 Å². The van der Waals surface area contributed by atoms with Gasteiger partial charge in [-0.2, -0.15) is 4.99 Å². The van der Waals surface area contributed by atoms with Crippen molar-refractivity contribution in [2.24, 2.45) is 15.0 Å². The summed E-state index contributed by atoms with van der Waals surface area (Å²) in [6, 6.07) is 25.7. The molecule has 0 fully saturated rings. The number of nitrogens with zero attached hydrogens (tertiary/aromatic N) is 4. The van der Waals surface area contributed by atoms with Crippen molar-refractivity contribution < 1.29 is 4.74 Å². The van der Waals surface area contributed by atoms with Crippen LogP contribution in [-0.2, 0) is 0 Å². The molecule has 2 heterocycles. The lowest BCUT2D eigenvalue weighted by molar-refractivity contribution is 0.412. The maximum absolute atomic E-state index is 5.61. The molecule has 1 atom stereocenters. The molecular weight excluding hydrogens is 468 g/mol. The van der Waals surface area contributed by atoms with E-state index in [0.29, 0.717) is 18.5 Å². The van der Waals surface area contributed by atoms with Gasteiger partial charge in [0.25, 0.3) is 0 Å². The number of ether oxygens (including phenoxy) is 1. The van der Waals surface area contributed by atoms with Gasteiger partial charge in [0.1, 0.15) is 11.6 Å². The zero-order valence-corrected chi connectivity index (χ0v) is 19.0. The van der Waals surface area contributed by atoms with Gasteiger partial charge in [-0.3, -0.25) is 9.89 Å². The number of aliphatic imine (C=N–C) groups is 3. The highest BCUT2D eigenvalue weighted by Crippen LogP contribution is 2.30. The van der Waals surface area contributed by atoms with E-state index in [1.54, 1.807) is 7.11 Å². The quantitative estimate of drug-likeness (QED) is 0.553. The summed E-state index contributed by atoms with van der Waals surface area (Å²) in [4.78, 5) is 16.5. The number of rotatable bonds is 4. The number of hydrogen-bond donors (Lipinski definition) is 2. The molecule has 2 aliphatic heterocycles. The molecule has 3 aromatic carbocycles. The second kappa shape index (κ2) is 8.84. The molecule has 0 aromatic heterocycles. The van der Waals surface area contributed by atoms with Gasteiger partial charge in [-0.25, -0.2) is 4.99 Å². The van der Waals surface area contributed by atoms with Crippen molar-refractivity contribution in [2.75, 3.05) is 24.3 Å². The van der Waals surface area contributed by atoms with E-state index >= 15 is 0 Å². The summed E-state index contributed by atoms with van der Waals surface area (Å²) in [5.41, 5.74) is 2.73. The maximum atomic E-state index is 5.61. The van der Waals surface area contributed by atoms with Gasteiger partial charge in [0, 0.05) is 15.8 Å². The van der Waals surface area contributed by atoms with Crippen LogP contribution in [-0.4, -0.2) is 42.5 Å². The fraction of sp³-hybridized carbons (Fsp3) is 0.125. The van der Waals surface area contributed by atoms with E-state index in [0.717, 1.165) is 33.0 Å². The predicted molar refractivity (Wildman–Crippen MR) is 133 cm³/mol. The highest BCUT2D eigenvalue weighted by atomic mass is 79.9. The highest BCUT2D eigenvalue weighted by molar-refractivity contribution is 9.10. The van der Waals surface area contributed by atoms with Crippen molar-refractivity contribution in [2.45, 2.75) is 6.17 Å². The van der Waals surface area contributed by atoms with Crippen LogP contribution in [0, 0.1) is 0 Å². The van der Waals surface area contributed by atoms with Gasteiger partial charge < -0.3 is 15.4 Å². The lowest BCUT2D eigenvalue weighted by Gasteiger charge is -2.31. The third-order valence-electron chi connectivity index (χ3n) is 5.10. The first-order valence-corrected chi connectivity index (χ1v) is 11.0. The van der Waals surface area contributed by atoms with Crippen LogP contribution in [0.3, 0.4) is 0 Å². The minimum atomic E-state index is -0.219. The highest BCUT2D eigenvalue weighted by Gasteiger charge is 2.37. The average Bonchev–Trinajstić information content (AvgIpc) is 3.24. The summed E-state index contributed by atoms with van der Waals surface area (Å²) in [7, 11) is 1.66. The molecule has 160 valence electrons. The Labute approximate surface area is 194 Å². The molecular formula is C24H21BrN6O. The number of anilines is 2. The van der Waals surface area contributed by atoms with Gasteiger partial charge >= 0.3 is 0 Å². The molecule has 1 unspecified atom stereocenters. The molecule has 2 aliphatic rings. The number of benzene rings is 3. The zero-order chi connectivity index (χ0) is 21.9. The van der Waals surface area contributed by atoms with Crippen LogP contribution in [0.25, 0.3) is 0 Å². The lowest BCUT2D eigenvalue weighted by Crippen LogP contribution is -2.48. The van der Waals surface area contributed by atoms with E-state index in [4.69, 9.17) is 19.7 Å². The second-order valence-electron chi connectivity index (χ2n) is 7.23. The Morgan fingerprint density at radius 1 is 0.938 bits per heavy atom. The van der Waals surface area contributed by atoms with E-state index in [1.165, 1.54) is 0 Å². The zero-order valence-electron chi connectivity index (χ0n) is 17.4. The first kappa shape index (κ1) is 20.3. The number of guanidine groups is 2. The molecule has 0 aliphatic carbocycles. The average molecular weight is 489 g/mol. The van der Waals surface area contributed by atoms with Gasteiger partial charge in [0.2, 0.25) is 11.9 Å². The first-order chi connectivity index (χ1) is 15.7. The third-order valence-corrected chi connectivity index (χ3v) is 5.60. The smallest absolute Gasteiger partial charge is 0.227 e. The number of nitrogens with one attached hydrogen (secondary N) is 2. The van der Waals surface area contributed by atoms with E-state index < -0.39 is 0 Å². The second-order valence-corrected chi connectivity index (χ2v) is 8.15. The van der Waals surface area contributed by atoms with Gasteiger partial charge in [0.05, 0.1) is 19.2 Å². The summed E-state index contributed by atoms with van der Waals surface area (Å²) < 4.78 is 6.55. The standard InChI is InChI=1S/C24H21BrN6O/c1-32-20-13-12-16(25)14-19(20)22-26-15-21-29-23(27-17-8-4-2-5-9-17)30-24(31(21)22)28-18-10-6-3-7-11-18/h2-14,21H,15H2,1H3,(H2,27,28,29,30). The molecule has 0 saturated carbocycles. The van der Waals surface area contributed by atoms with Gasteiger partial charge in [-0.15, -0.1) is 0 Å². The molecule has 8 heteroatoms. The molecule has 5 rings (SSSR count). The molecule has 0 radical (unpaired) electrons. The molecule has 0 bridgehead atoms. The van der Waals surface area contributed by atoms with Crippen molar-refractivity contribution in [1.82, 2.24) is 4.90 Å². The largest absolute Gasteiger partial charge is 0.496 e. The number of para-hydroxylation sites is 2. The molecule has 0 spiro atoms. The Hall–Kier alpha value is -3.65. The summed E-state index contributed by atoms with van der Waals surface area (Å²) >= 11 is 3.56. The van der Waals surface area contributed by atoms with E-state index in [2.05, 4.69) is 26.6 Å². The predicted octanol–water partition coefficient (Wildman–Crippen LogP) is 4.80. The SMILES string of the molecule is COc1ccc(Br)cc1C1=NCC2N=C(Nc3ccccc3)N=C(Nc3ccccc3)N12. The Morgan fingerprint density at radius 2 is 1.62 bits per heavy atom. The lowest BCUT2D eigenvalue weighted by atomic mass is 10.1. The van der Waals surface area contributed by atoms with Crippen molar-refractivity contribution in [3.63, 3.8) is 0 Å². The van der Waals surface area contributed by atoms with Crippen molar-refractivity contribution >= 4 is 45.1 Å². The Balaban J connectivity index is 1.53. The Bertz CT molecular complexity index is 1210. The fourth-order valence-electron chi connectivity index (χ4n) is 3.65. The summed E-state index contributed by atoms with van der Waals surface area (Å²) in [6.07, 6.45) is -0.219. The number of methoxy groups -OCH3 is 1. The summed E-state index contributed by atoms with van der Waals surface area (Å²) in [5.74, 6) is 2.68. The molecule has 2 N–H and O–H groups in total. The molecule has 0 amide bonds. The number of hydrogen-bond acceptors (Lipinski definition) is 7. The minimum Gasteiger partial charge on any atom is -0.496 e. The van der Waals surface area contributed by atoms with Gasteiger partial charge in [-0.1, -0.05) is 52.3 Å². The van der Waals surface area contributed by atoms with Crippen LogP contribution in [0.2, 0.25) is 0 Å². The maximum Gasteiger partial charge on any atom is 0.227 e. The van der Waals surface area contributed by atoms with E-state index in [-0.39, 0.29) is 6.17 Å². The van der Waals surface area contributed by atoms with Crippen LogP contribution < -0.4 is 15.4 Å². The number of amidine groups is 1. The fourth-order valence-corrected chi connectivity index (χ4v) is 4.01. The molecule has 3 aromatic rings. The topological polar surface area (TPSA) is 73.6 Å². The van der Waals surface area contributed by atoms with Gasteiger partial charge in [0.15, 0.2) is 6.17 Å². The normalized spacial score (nSPS) is 17.1. The van der Waals surface area contributed by atoms with Gasteiger partial charge in [-0.05, 0) is 42.5 Å². The summed E-state index contributed by atoms with van der Waals surface area (Å²) in [5, 5.41) is 6.75. The third kappa shape index (κ3) is 4.09. The van der Waals surface area contributed by atoms with Crippen LogP contribution in [0.1, 0.15) is 5.56 Å². The van der Waals surface area contributed by atoms with Crippen LogP contribution in [0.4, 0.5) is 11.4 Å². The molecule has 0 saturated heterocycles.